The number of nitrogens with one attached hydrogen (secondary N) is 3. The highest BCUT2D eigenvalue weighted by Crippen LogP contribution is 2.34. The van der Waals surface area contributed by atoms with Crippen LogP contribution in [0.3, 0.4) is 0 Å². The maximum Gasteiger partial charge on any atom is 0.418 e. The minimum atomic E-state index is -4.64. The highest BCUT2D eigenvalue weighted by Gasteiger charge is 2.33. The largest absolute Gasteiger partial charge is 0.483 e. The molecular formula is C24H18ClF3N4O4. The van der Waals surface area contributed by atoms with Crippen molar-refractivity contribution in [3.05, 3.63) is 88.9 Å². The zero-order valence-electron chi connectivity index (χ0n) is 18.3. The van der Waals surface area contributed by atoms with E-state index in [4.69, 9.17) is 16.3 Å². The highest BCUT2D eigenvalue weighted by atomic mass is 35.5. The molecule has 186 valence electrons. The van der Waals surface area contributed by atoms with Crippen LogP contribution in [0, 0.1) is 0 Å². The van der Waals surface area contributed by atoms with E-state index in [1.165, 1.54) is 30.5 Å². The molecule has 0 heterocycles. The van der Waals surface area contributed by atoms with Crippen molar-refractivity contribution in [1.82, 2.24) is 5.43 Å². The summed E-state index contributed by atoms with van der Waals surface area (Å²) in [4.78, 5) is 36.1. The highest BCUT2D eigenvalue weighted by molar-refractivity contribution is 6.39. The van der Waals surface area contributed by atoms with Crippen molar-refractivity contribution in [3.63, 3.8) is 0 Å². The molecular weight excluding hydrogens is 501 g/mol. The SMILES string of the molecule is O=C(COc1ccccc1/C=N\NC(=O)C(=O)Nc1cccc(Cl)c1)Nc1ccccc1C(F)(F)F. The van der Waals surface area contributed by atoms with Crippen LogP contribution in [0.4, 0.5) is 24.5 Å². The van der Waals surface area contributed by atoms with Gasteiger partial charge in [0.25, 0.3) is 5.91 Å². The number of para-hydroxylation sites is 2. The van der Waals surface area contributed by atoms with E-state index in [0.717, 1.165) is 12.1 Å². The molecule has 0 saturated carbocycles. The summed E-state index contributed by atoms with van der Waals surface area (Å²) in [7, 11) is 0. The van der Waals surface area contributed by atoms with Gasteiger partial charge in [-0.3, -0.25) is 14.4 Å². The molecule has 0 bridgehead atoms. The van der Waals surface area contributed by atoms with Crippen molar-refractivity contribution in [3.8, 4) is 5.75 Å². The molecule has 36 heavy (non-hydrogen) atoms. The Hall–Kier alpha value is -4.38. The van der Waals surface area contributed by atoms with E-state index in [0.29, 0.717) is 16.3 Å². The first kappa shape index (κ1) is 26.2. The fraction of sp³-hybridized carbons (Fsp3) is 0.0833. The molecule has 3 aromatic carbocycles. The summed E-state index contributed by atoms with van der Waals surface area (Å²) in [6.07, 6.45) is -3.46. The Morgan fingerprint density at radius 2 is 1.64 bits per heavy atom. The lowest BCUT2D eigenvalue weighted by molar-refractivity contribution is -0.137. The first-order chi connectivity index (χ1) is 17.1. The Kier molecular flexibility index (Phi) is 8.63. The molecule has 0 spiro atoms. The van der Waals surface area contributed by atoms with Crippen molar-refractivity contribution in [2.45, 2.75) is 6.18 Å². The average molecular weight is 519 g/mol. The molecule has 3 amide bonds. The number of benzene rings is 3. The molecule has 8 nitrogen and oxygen atoms in total. The first-order valence-corrected chi connectivity index (χ1v) is 10.6. The van der Waals surface area contributed by atoms with E-state index in [2.05, 4.69) is 21.2 Å². The number of nitrogens with zero attached hydrogens (tertiary/aromatic N) is 1. The van der Waals surface area contributed by atoms with Crippen LogP contribution in [0.25, 0.3) is 0 Å². The van der Waals surface area contributed by atoms with Gasteiger partial charge in [0.15, 0.2) is 6.61 Å². The van der Waals surface area contributed by atoms with E-state index >= 15 is 0 Å². The van der Waals surface area contributed by atoms with Crippen molar-refractivity contribution in [2.75, 3.05) is 17.2 Å². The van der Waals surface area contributed by atoms with Crippen molar-refractivity contribution in [1.29, 1.82) is 0 Å². The second-order valence-electron chi connectivity index (χ2n) is 7.08. The van der Waals surface area contributed by atoms with Crippen LogP contribution in [-0.2, 0) is 20.6 Å². The Morgan fingerprint density at radius 3 is 2.39 bits per heavy atom. The number of halogens is 4. The van der Waals surface area contributed by atoms with Gasteiger partial charge in [-0.15, -0.1) is 0 Å². The van der Waals surface area contributed by atoms with Crippen LogP contribution in [0.15, 0.2) is 77.9 Å². The lowest BCUT2D eigenvalue weighted by Crippen LogP contribution is -2.32. The van der Waals surface area contributed by atoms with Crippen LogP contribution in [-0.4, -0.2) is 30.5 Å². The minimum absolute atomic E-state index is 0.165. The number of hydrogen-bond acceptors (Lipinski definition) is 5. The van der Waals surface area contributed by atoms with Gasteiger partial charge in [0.1, 0.15) is 5.75 Å². The summed E-state index contributed by atoms with van der Waals surface area (Å²) in [5.41, 5.74) is 1.32. The van der Waals surface area contributed by atoms with Gasteiger partial charge < -0.3 is 15.4 Å². The van der Waals surface area contributed by atoms with E-state index in [1.807, 2.05) is 0 Å². The fourth-order valence-corrected chi connectivity index (χ4v) is 3.04. The summed E-state index contributed by atoms with van der Waals surface area (Å²) in [5.74, 6) is -2.68. The Labute approximate surface area is 208 Å². The fourth-order valence-electron chi connectivity index (χ4n) is 2.85. The Balaban J connectivity index is 1.57. The van der Waals surface area contributed by atoms with Gasteiger partial charge in [-0.2, -0.15) is 18.3 Å². The molecule has 0 atom stereocenters. The molecule has 3 N–H and O–H groups in total. The number of hydrogen-bond donors (Lipinski definition) is 3. The van der Waals surface area contributed by atoms with E-state index < -0.39 is 41.8 Å². The number of hydrazone groups is 1. The Bertz CT molecular complexity index is 1300. The molecule has 0 unspecified atom stereocenters. The summed E-state index contributed by atoms with van der Waals surface area (Å²) in [6, 6.07) is 17.0. The molecule has 0 saturated heterocycles. The summed E-state index contributed by atoms with van der Waals surface area (Å²) in [6.45, 7) is -0.592. The molecule has 0 aliphatic rings. The second-order valence-corrected chi connectivity index (χ2v) is 7.52. The van der Waals surface area contributed by atoms with Gasteiger partial charge in [0.2, 0.25) is 0 Å². The number of anilines is 2. The van der Waals surface area contributed by atoms with Gasteiger partial charge in [-0.05, 0) is 42.5 Å². The molecule has 0 fully saturated rings. The van der Waals surface area contributed by atoms with Crippen LogP contribution in [0.2, 0.25) is 5.02 Å². The van der Waals surface area contributed by atoms with Crippen LogP contribution >= 0.6 is 11.6 Å². The number of carbonyl (C=O) groups is 3. The van der Waals surface area contributed by atoms with Crippen LogP contribution in [0.1, 0.15) is 11.1 Å². The molecule has 0 aromatic heterocycles. The maximum absolute atomic E-state index is 13.1. The van der Waals surface area contributed by atoms with E-state index in [1.54, 1.807) is 36.4 Å². The smallest absolute Gasteiger partial charge is 0.418 e. The third-order valence-electron chi connectivity index (χ3n) is 4.44. The summed E-state index contributed by atoms with van der Waals surface area (Å²) >= 11 is 5.83. The van der Waals surface area contributed by atoms with E-state index in [9.17, 15) is 27.6 Å². The second kappa shape index (κ2) is 11.8. The van der Waals surface area contributed by atoms with Crippen molar-refractivity contribution < 1.29 is 32.3 Å². The quantitative estimate of drug-likeness (QED) is 0.244. The predicted molar refractivity (Wildman–Crippen MR) is 128 cm³/mol. The third kappa shape index (κ3) is 7.57. The normalized spacial score (nSPS) is 11.1. The van der Waals surface area contributed by atoms with Crippen LogP contribution < -0.4 is 20.8 Å². The molecule has 0 aliphatic heterocycles. The van der Waals surface area contributed by atoms with Gasteiger partial charge in [-0.25, -0.2) is 5.43 Å². The summed E-state index contributed by atoms with van der Waals surface area (Å²) in [5, 5.41) is 8.61. The molecule has 3 rings (SSSR count). The maximum atomic E-state index is 13.1. The number of ether oxygens (including phenoxy) is 1. The standard InChI is InChI=1S/C24H18ClF3N4O4/c25-16-7-5-8-17(12-16)30-22(34)23(35)32-29-13-15-6-1-4-11-20(15)36-14-21(33)31-19-10-3-2-9-18(19)24(26,27)28/h1-13H,14H2,(H,30,34)(H,31,33)(H,32,35)/b29-13-. The topological polar surface area (TPSA) is 109 Å². The zero-order chi connectivity index (χ0) is 26.1. The van der Waals surface area contributed by atoms with Gasteiger partial charge in [0, 0.05) is 16.3 Å². The molecule has 0 aliphatic carbocycles. The molecule has 12 heteroatoms. The van der Waals surface area contributed by atoms with Crippen LogP contribution in [0.5, 0.6) is 5.75 Å². The lowest BCUT2D eigenvalue weighted by Gasteiger charge is -2.14. The predicted octanol–water partition coefficient (Wildman–Crippen LogP) is 4.47. The third-order valence-corrected chi connectivity index (χ3v) is 4.68. The Morgan fingerprint density at radius 1 is 0.917 bits per heavy atom. The summed E-state index contributed by atoms with van der Waals surface area (Å²) < 4.78 is 44.7. The lowest BCUT2D eigenvalue weighted by atomic mass is 10.1. The first-order valence-electron chi connectivity index (χ1n) is 10.2. The molecule has 0 radical (unpaired) electrons. The van der Waals surface area contributed by atoms with Gasteiger partial charge in [-0.1, -0.05) is 41.9 Å². The average Bonchev–Trinajstić information content (AvgIpc) is 2.83. The zero-order valence-corrected chi connectivity index (χ0v) is 19.1. The van der Waals surface area contributed by atoms with Gasteiger partial charge >= 0.3 is 18.0 Å². The molecule has 3 aromatic rings. The number of rotatable bonds is 7. The van der Waals surface area contributed by atoms with E-state index in [-0.39, 0.29) is 5.75 Å². The van der Waals surface area contributed by atoms with Gasteiger partial charge in [0.05, 0.1) is 17.5 Å². The van der Waals surface area contributed by atoms with Crippen molar-refractivity contribution in [2.24, 2.45) is 5.10 Å². The number of carbonyl (C=O) groups excluding carboxylic acids is 3. The number of alkyl halides is 3. The number of amides is 3. The monoisotopic (exact) mass is 518 g/mol. The minimum Gasteiger partial charge on any atom is -0.483 e. The van der Waals surface area contributed by atoms with Crippen molar-refractivity contribution >= 4 is 46.9 Å².